The molecule has 2 aromatic heterocycles. The highest BCUT2D eigenvalue weighted by Crippen LogP contribution is 2.32. The van der Waals surface area contributed by atoms with Gasteiger partial charge in [0.05, 0.1) is 18.7 Å². The van der Waals surface area contributed by atoms with Gasteiger partial charge in [0.15, 0.2) is 5.82 Å². The molecule has 3 heterocycles. The highest BCUT2D eigenvalue weighted by molar-refractivity contribution is 5.89. The number of pyridine rings is 1. The maximum atomic E-state index is 12.3. The number of hydrogen-bond acceptors (Lipinski definition) is 5. The summed E-state index contributed by atoms with van der Waals surface area (Å²) in [6.07, 6.45) is 10.2. The molecule has 0 aromatic carbocycles. The molecule has 4 rings (SSSR count). The summed E-state index contributed by atoms with van der Waals surface area (Å²) in [6.45, 7) is 5.94. The molecular formula is C23H35N5O2. The lowest BCUT2D eigenvalue weighted by atomic mass is 9.95. The molecule has 1 saturated heterocycles. The van der Waals surface area contributed by atoms with Crippen LogP contribution in [-0.2, 0) is 35.3 Å². The maximum Gasteiger partial charge on any atom is 0.222 e. The fourth-order valence-electron chi connectivity index (χ4n) is 4.80. The molecule has 2 aliphatic rings. The third kappa shape index (κ3) is 4.46. The number of aromatic nitrogens is 3. The fourth-order valence-corrected chi connectivity index (χ4v) is 4.80. The maximum absolute atomic E-state index is 12.3. The van der Waals surface area contributed by atoms with E-state index in [-0.39, 0.29) is 5.91 Å². The van der Waals surface area contributed by atoms with Crippen LogP contribution in [0.3, 0.4) is 0 Å². The zero-order valence-electron chi connectivity index (χ0n) is 18.3. The van der Waals surface area contributed by atoms with Crippen molar-refractivity contribution in [1.82, 2.24) is 19.4 Å². The van der Waals surface area contributed by atoms with Crippen molar-refractivity contribution in [2.24, 2.45) is 0 Å². The van der Waals surface area contributed by atoms with E-state index in [4.69, 9.17) is 15.5 Å². The van der Waals surface area contributed by atoms with Crippen LogP contribution in [0.15, 0.2) is 0 Å². The Morgan fingerprint density at radius 3 is 2.70 bits per heavy atom. The van der Waals surface area contributed by atoms with Crippen molar-refractivity contribution >= 4 is 22.8 Å². The van der Waals surface area contributed by atoms with Gasteiger partial charge in [-0.05, 0) is 50.5 Å². The van der Waals surface area contributed by atoms with Crippen molar-refractivity contribution in [3.05, 3.63) is 17.1 Å². The van der Waals surface area contributed by atoms with Crippen LogP contribution in [0.25, 0.3) is 11.0 Å². The van der Waals surface area contributed by atoms with E-state index in [1.54, 1.807) is 0 Å². The number of nitrogens with two attached hydrogens (primary N) is 1. The number of hydrogen-bond donors (Lipinski definition) is 1. The van der Waals surface area contributed by atoms with Crippen molar-refractivity contribution < 1.29 is 9.53 Å². The lowest BCUT2D eigenvalue weighted by molar-refractivity contribution is -0.135. The second-order valence-corrected chi connectivity index (χ2v) is 8.56. The first-order valence-corrected chi connectivity index (χ1v) is 11.7. The molecule has 0 unspecified atom stereocenters. The van der Waals surface area contributed by atoms with Crippen LogP contribution < -0.4 is 5.73 Å². The highest BCUT2D eigenvalue weighted by atomic mass is 16.5. The smallest absolute Gasteiger partial charge is 0.222 e. The molecule has 0 bridgehead atoms. The first-order valence-electron chi connectivity index (χ1n) is 11.7. The van der Waals surface area contributed by atoms with E-state index in [1.165, 1.54) is 29.6 Å². The Balaban J connectivity index is 1.43. The molecule has 30 heavy (non-hydrogen) atoms. The van der Waals surface area contributed by atoms with Crippen LogP contribution in [0.5, 0.6) is 0 Å². The van der Waals surface area contributed by atoms with Crippen LogP contribution >= 0.6 is 0 Å². The second kappa shape index (κ2) is 9.77. The standard InChI is InChI=1S/C23H35N5O2/c1-2-8-19-26-21-22(17-9-5-6-10-18(17)25-23(21)24)28(19)12-7-3-4-11-20(29)27-13-15-30-16-14-27/h2-16H2,1H3,(H2,24,25). The molecule has 2 N–H and O–H groups in total. The van der Waals surface area contributed by atoms with Gasteiger partial charge in [0.25, 0.3) is 0 Å². The van der Waals surface area contributed by atoms with Crippen molar-refractivity contribution in [2.75, 3.05) is 32.0 Å². The lowest BCUT2D eigenvalue weighted by Crippen LogP contribution is -2.40. The first-order chi connectivity index (χ1) is 14.7. The largest absolute Gasteiger partial charge is 0.382 e. The van der Waals surface area contributed by atoms with Crippen molar-refractivity contribution in [2.45, 2.75) is 77.7 Å². The van der Waals surface area contributed by atoms with E-state index < -0.39 is 0 Å². The fraction of sp³-hybridized carbons (Fsp3) is 0.696. The summed E-state index contributed by atoms with van der Waals surface area (Å²) in [5.74, 6) is 1.98. The topological polar surface area (TPSA) is 86.3 Å². The van der Waals surface area contributed by atoms with Gasteiger partial charge < -0.3 is 19.9 Å². The van der Waals surface area contributed by atoms with Gasteiger partial charge in [-0.25, -0.2) is 9.97 Å². The summed E-state index contributed by atoms with van der Waals surface area (Å²) >= 11 is 0. The normalized spacial score (nSPS) is 16.8. The predicted molar refractivity (Wildman–Crippen MR) is 118 cm³/mol. The van der Waals surface area contributed by atoms with E-state index in [9.17, 15) is 4.79 Å². The molecule has 7 heteroatoms. The van der Waals surface area contributed by atoms with Crippen molar-refractivity contribution in [3.63, 3.8) is 0 Å². The van der Waals surface area contributed by atoms with E-state index in [0.29, 0.717) is 25.5 Å². The third-order valence-electron chi connectivity index (χ3n) is 6.38. The average molecular weight is 414 g/mol. The number of carbonyl (C=O) groups is 1. The summed E-state index contributed by atoms with van der Waals surface area (Å²) < 4.78 is 7.74. The highest BCUT2D eigenvalue weighted by Gasteiger charge is 2.22. The summed E-state index contributed by atoms with van der Waals surface area (Å²) in [4.78, 5) is 23.9. The zero-order chi connectivity index (χ0) is 20.9. The number of nitrogen functional groups attached to an aromatic ring is 1. The van der Waals surface area contributed by atoms with Crippen LogP contribution in [0.4, 0.5) is 5.82 Å². The number of carbonyl (C=O) groups excluding carboxylic acids is 1. The van der Waals surface area contributed by atoms with Crippen LogP contribution in [-0.4, -0.2) is 51.6 Å². The Bertz CT molecular complexity index is 886. The number of anilines is 1. The number of amides is 1. The van der Waals surface area contributed by atoms with Gasteiger partial charge in [-0.15, -0.1) is 0 Å². The summed E-state index contributed by atoms with van der Waals surface area (Å²) in [5, 5.41) is 0. The number of ether oxygens (including phenoxy) is 1. The Morgan fingerprint density at radius 1 is 1.10 bits per heavy atom. The Hall–Kier alpha value is -2.15. The van der Waals surface area contributed by atoms with E-state index in [2.05, 4.69) is 16.5 Å². The first kappa shape index (κ1) is 21.1. The molecule has 164 valence electrons. The number of morpholine rings is 1. The molecule has 1 aliphatic heterocycles. The number of unbranched alkanes of at least 4 members (excludes halogenated alkanes) is 2. The van der Waals surface area contributed by atoms with Crippen LogP contribution in [0.1, 0.15) is 69.0 Å². The van der Waals surface area contributed by atoms with Gasteiger partial charge >= 0.3 is 0 Å². The SMILES string of the molecule is CCCc1nc2c(N)nc3c(c2n1CCCCCC(=O)N1CCOCC1)CCCC3. The van der Waals surface area contributed by atoms with E-state index >= 15 is 0 Å². The van der Waals surface area contributed by atoms with Crippen molar-refractivity contribution in [1.29, 1.82) is 0 Å². The van der Waals surface area contributed by atoms with E-state index in [0.717, 1.165) is 75.9 Å². The van der Waals surface area contributed by atoms with Crippen LogP contribution in [0.2, 0.25) is 0 Å². The Labute approximate surface area is 179 Å². The lowest BCUT2D eigenvalue weighted by Gasteiger charge is -2.26. The number of nitrogens with zero attached hydrogens (tertiary/aromatic N) is 4. The molecular weight excluding hydrogens is 378 g/mol. The van der Waals surface area contributed by atoms with Gasteiger partial charge in [0.1, 0.15) is 11.3 Å². The minimum absolute atomic E-state index is 0.269. The van der Waals surface area contributed by atoms with Gasteiger partial charge in [0, 0.05) is 38.2 Å². The third-order valence-corrected chi connectivity index (χ3v) is 6.38. The number of rotatable bonds is 8. The molecule has 1 fully saturated rings. The molecule has 2 aromatic rings. The number of fused-ring (bicyclic) bond motifs is 3. The molecule has 1 amide bonds. The Kier molecular flexibility index (Phi) is 6.87. The molecule has 1 aliphatic carbocycles. The minimum atomic E-state index is 0.269. The molecule has 0 saturated carbocycles. The van der Waals surface area contributed by atoms with E-state index in [1.807, 2.05) is 4.90 Å². The predicted octanol–water partition coefficient (Wildman–Crippen LogP) is 3.26. The number of aryl methyl sites for hydroxylation is 4. The summed E-state index contributed by atoms with van der Waals surface area (Å²) in [5.41, 5.74) is 11.0. The van der Waals surface area contributed by atoms with Gasteiger partial charge in [-0.2, -0.15) is 0 Å². The Morgan fingerprint density at radius 2 is 1.90 bits per heavy atom. The molecule has 0 atom stereocenters. The minimum Gasteiger partial charge on any atom is -0.382 e. The average Bonchev–Trinajstić information content (AvgIpc) is 3.13. The van der Waals surface area contributed by atoms with Gasteiger partial charge in [-0.3, -0.25) is 4.79 Å². The van der Waals surface area contributed by atoms with Crippen molar-refractivity contribution in [3.8, 4) is 0 Å². The summed E-state index contributed by atoms with van der Waals surface area (Å²) in [6, 6.07) is 0. The monoisotopic (exact) mass is 413 g/mol. The zero-order valence-corrected chi connectivity index (χ0v) is 18.3. The van der Waals surface area contributed by atoms with Gasteiger partial charge in [-0.1, -0.05) is 13.3 Å². The molecule has 0 spiro atoms. The van der Waals surface area contributed by atoms with Gasteiger partial charge in [0.2, 0.25) is 5.91 Å². The molecule has 7 nitrogen and oxygen atoms in total. The quantitative estimate of drug-likeness (QED) is 0.671. The second-order valence-electron chi connectivity index (χ2n) is 8.56. The molecule has 0 radical (unpaired) electrons. The summed E-state index contributed by atoms with van der Waals surface area (Å²) in [7, 11) is 0. The van der Waals surface area contributed by atoms with Crippen LogP contribution in [0, 0.1) is 0 Å². The number of imidazole rings is 1.